The molecule has 5 nitrogen and oxygen atoms in total. The Kier molecular flexibility index (Phi) is 5.07. The van der Waals surface area contributed by atoms with Crippen molar-refractivity contribution in [1.29, 1.82) is 5.26 Å². The van der Waals surface area contributed by atoms with Crippen molar-refractivity contribution in [2.75, 3.05) is 13.2 Å². The van der Waals surface area contributed by atoms with E-state index in [1.807, 2.05) is 51.1 Å². The number of fused-ring (bicyclic) bond motifs is 1. The van der Waals surface area contributed by atoms with Gasteiger partial charge in [0.05, 0.1) is 18.2 Å². The van der Waals surface area contributed by atoms with Crippen molar-refractivity contribution in [1.82, 2.24) is 5.32 Å². The number of nitrogens with one attached hydrogen (secondary N) is 1. The van der Waals surface area contributed by atoms with Crippen molar-refractivity contribution in [3.63, 3.8) is 0 Å². The van der Waals surface area contributed by atoms with Crippen LogP contribution < -0.4 is 10.1 Å². The molecule has 0 heterocycles. The lowest BCUT2D eigenvalue weighted by molar-refractivity contribution is 0.0520. The molecule has 5 heteroatoms. The number of rotatable bonds is 4. The predicted molar refractivity (Wildman–Crippen MR) is 88.4 cm³/mol. The Morgan fingerprint density at radius 3 is 2.57 bits per heavy atom. The van der Waals surface area contributed by atoms with Crippen LogP contribution in [0, 0.1) is 11.3 Å². The second-order valence-electron chi connectivity index (χ2n) is 6.11. The third-order valence-corrected chi connectivity index (χ3v) is 2.98. The van der Waals surface area contributed by atoms with E-state index in [2.05, 4.69) is 11.4 Å². The van der Waals surface area contributed by atoms with E-state index in [9.17, 15) is 4.79 Å². The molecule has 120 valence electrons. The van der Waals surface area contributed by atoms with Crippen molar-refractivity contribution >= 4 is 16.9 Å². The Labute approximate surface area is 135 Å². The Morgan fingerprint density at radius 1 is 1.17 bits per heavy atom. The van der Waals surface area contributed by atoms with Gasteiger partial charge in [-0.3, -0.25) is 0 Å². The Morgan fingerprint density at radius 2 is 1.87 bits per heavy atom. The summed E-state index contributed by atoms with van der Waals surface area (Å²) < 4.78 is 10.8. The van der Waals surface area contributed by atoms with E-state index in [4.69, 9.17) is 14.7 Å². The van der Waals surface area contributed by atoms with Crippen LogP contribution in [0.2, 0.25) is 0 Å². The van der Waals surface area contributed by atoms with Crippen molar-refractivity contribution in [2.45, 2.75) is 26.4 Å². The molecule has 2 aromatic carbocycles. The number of hydrogen-bond donors (Lipinski definition) is 1. The fourth-order valence-corrected chi connectivity index (χ4v) is 2.02. The van der Waals surface area contributed by atoms with Crippen LogP contribution in [0.1, 0.15) is 26.3 Å². The predicted octanol–water partition coefficient (Wildman–Crippen LogP) is 3.61. The molecule has 0 aromatic heterocycles. The third kappa shape index (κ3) is 5.19. The number of alkyl carbamates (subject to hydrolysis) is 1. The van der Waals surface area contributed by atoms with E-state index in [1.54, 1.807) is 6.07 Å². The fraction of sp³-hybridized carbons (Fsp3) is 0.333. The highest BCUT2D eigenvalue weighted by molar-refractivity contribution is 5.85. The van der Waals surface area contributed by atoms with Crippen LogP contribution >= 0.6 is 0 Å². The van der Waals surface area contributed by atoms with Gasteiger partial charge in [0.25, 0.3) is 0 Å². The molecule has 0 saturated heterocycles. The zero-order chi connectivity index (χ0) is 16.9. The van der Waals surface area contributed by atoms with E-state index >= 15 is 0 Å². The molecule has 0 bridgehead atoms. The van der Waals surface area contributed by atoms with Crippen LogP contribution in [-0.4, -0.2) is 24.8 Å². The number of hydrogen-bond acceptors (Lipinski definition) is 4. The quantitative estimate of drug-likeness (QED) is 0.875. The number of carbonyl (C=O) groups is 1. The number of amides is 1. The minimum Gasteiger partial charge on any atom is -0.492 e. The molecule has 0 spiro atoms. The van der Waals surface area contributed by atoms with E-state index in [1.165, 1.54) is 0 Å². The van der Waals surface area contributed by atoms with Crippen molar-refractivity contribution in [2.24, 2.45) is 0 Å². The Bertz CT molecular complexity index is 742. The number of nitrogens with zero attached hydrogens (tertiary/aromatic N) is 1. The van der Waals surface area contributed by atoms with Crippen molar-refractivity contribution in [3.05, 3.63) is 42.0 Å². The van der Waals surface area contributed by atoms with Crippen molar-refractivity contribution in [3.8, 4) is 11.8 Å². The lowest BCUT2D eigenvalue weighted by atomic mass is 10.1. The molecule has 0 atom stereocenters. The van der Waals surface area contributed by atoms with Crippen LogP contribution in [0.3, 0.4) is 0 Å². The summed E-state index contributed by atoms with van der Waals surface area (Å²) in [5.41, 5.74) is 0.124. The summed E-state index contributed by atoms with van der Waals surface area (Å²) in [5.74, 6) is 0.716. The normalized spacial score (nSPS) is 10.9. The van der Waals surface area contributed by atoms with Gasteiger partial charge in [0.15, 0.2) is 0 Å². The van der Waals surface area contributed by atoms with E-state index in [0.717, 1.165) is 10.8 Å². The van der Waals surface area contributed by atoms with Crippen LogP contribution in [0.4, 0.5) is 4.79 Å². The summed E-state index contributed by atoms with van der Waals surface area (Å²) in [5, 5.41) is 13.5. The van der Waals surface area contributed by atoms with Gasteiger partial charge in [-0.15, -0.1) is 0 Å². The number of carbonyl (C=O) groups excluding carboxylic acids is 1. The second kappa shape index (κ2) is 7.01. The monoisotopic (exact) mass is 312 g/mol. The van der Waals surface area contributed by atoms with Crippen LogP contribution in [0.25, 0.3) is 10.8 Å². The lowest BCUT2D eigenvalue weighted by Crippen LogP contribution is -2.34. The molecule has 0 aliphatic rings. The smallest absolute Gasteiger partial charge is 0.407 e. The molecule has 1 amide bonds. The minimum atomic E-state index is -0.508. The molecule has 0 aliphatic heterocycles. The molecule has 2 aromatic rings. The third-order valence-electron chi connectivity index (χ3n) is 2.98. The highest BCUT2D eigenvalue weighted by Crippen LogP contribution is 2.21. The topological polar surface area (TPSA) is 71.3 Å². The molecule has 0 fully saturated rings. The summed E-state index contributed by atoms with van der Waals surface area (Å²) in [4.78, 5) is 11.5. The highest BCUT2D eigenvalue weighted by Gasteiger charge is 2.15. The first kappa shape index (κ1) is 16.6. The van der Waals surface area contributed by atoms with Crippen molar-refractivity contribution < 1.29 is 14.3 Å². The zero-order valence-electron chi connectivity index (χ0n) is 13.6. The maximum Gasteiger partial charge on any atom is 0.407 e. The molecule has 0 radical (unpaired) electrons. The Balaban J connectivity index is 1.86. The van der Waals surface area contributed by atoms with E-state index < -0.39 is 11.7 Å². The molecular formula is C18H20N2O3. The number of ether oxygens (including phenoxy) is 2. The van der Waals surface area contributed by atoms with E-state index in [0.29, 0.717) is 24.5 Å². The summed E-state index contributed by atoms with van der Waals surface area (Å²) >= 11 is 0. The average molecular weight is 312 g/mol. The minimum absolute atomic E-state index is 0.348. The van der Waals surface area contributed by atoms with Crippen LogP contribution in [-0.2, 0) is 4.74 Å². The van der Waals surface area contributed by atoms with Crippen LogP contribution in [0.5, 0.6) is 5.75 Å². The van der Waals surface area contributed by atoms with Gasteiger partial charge in [0.1, 0.15) is 18.0 Å². The zero-order valence-corrected chi connectivity index (χ0v) is 13.6. The SMILES string of the molecule is CC(C)(C)OC(=O)NCCOc1ccc2cc(C#N)ccc2c1. The molecule has 23 heavy (non-hydrogen) atoms. The molecule has 0 saturated carbocycles. The second-order valence-corrected chi connectivity index (χ2v) is 6.11. The lowest BCUT2D eigenvalue weighted by Gasteiger charge is -2.19. The van der Waals surface area contributed by atoms with Crippen LogP contribution in [0.15, 0.2) is 36.4 Å². The van der Waals surface area contributed by atoms with E-state index in [-0.39, 0.29) is 0 Å². The first-order chi connectivity index (χ1) is 10.9. The van der Waals surface area contributed by atoms with Gasteiger partial charge < -0.3 is 14.8 Å². The van der Waals surface area contributed by atoms with Gasteiger partial charge >= 0.3 is 6.09 Å². The highest BCUT2D eigenvalue weighted by atomic mass is 16.6. The first-order valence-electron chi connectivity index (χ1n) is 7.41. The maximum atomic E-state index is 11.5. The average Bonchev–Trinajstić information content (AvgIpc) is 2.49. The maximum absolute atomic E-state index is 11.5. The standard InChI is InChI=1S/C18H20N2O3/c1-18(2,3)23-17(21)20-8-9-22-16-7-6-14-10-13(12-19)4-5-15(14)11-16/h4-7,10-11H,8-9H2,1-3H3,(H,20,21). The molecule has 2 rings (SSSR count). The largest absolute Gasteiger partial charge is 0.492 e. The van der Waals surface area contributed by atoms with Gasteiger partial charge in [0.2, 0.25) is 0 Å². The summed E-state index contributed by atoms with van der Waals surface area (Å²) in [6.45, 7) is 6.16. The van der Waals surface area contributed by atoms with Gasteiger partial charge in [-0.25, -0.2) is 4.79 Å². The Hall–Kier alpha value is -2.74. The molecule has 0 unspecified atom stereocenters. The van der Waals surface area contributed by atoms with Gasteiger partial charge in [-0.2, -0.15) is 5.26 Å². The number of nitriles is 1. The molecule has 1 N–H and O–H groups in total. The van der Waals surface area contributed by atoms with Gasteiger partial charge in [-0.05, 0) is 55.8 Å². The number of benzene rings is 2. The summed E-state index contributed by atoms with van der Waals surface area (Å²) in [7, 11) is 0. The molecule has 0 aliphatic carbocycles. The first-order valence-corrected chi connectivity index (χ1v) is 7.41. The van der Waals surface area contributed by atoms with Gasteiger partial charge in [-0.1, -0.05) is 12.1 Å². The summed E-state index contributed by atoms with van der Waals surface area (Å²) in [6.07, 6.45) is -0.455. The summed E-state index contributed by atoms with van der Waals surface area (Å²) in [6, 6.07) is 13.3. The fourth-order valence-electron chi connectivity index (χ4n) is 2.02. The van der Waals surface area contributed by atoms with Gasteiger partial charge in [0, 0.05) is 0 Å². The molecular weight excluding hydrogens is 292 g/mol.